The monoisotopic (exact) mass is 421 g/mol. The van der Waals surface area contributed by atoms with Crippen molar-refractivity contribution in [1.29, 1.82) is 0 Å². The number of H-pyrrole nitrogens is 1. The fraction of sp³-hybridized carbons (Fsp3) is 0.217. The molecule has 0 saturated heterocycles. The van der Waals surface area contributed by atoms with Gasteiger partial charge in [-0.3, -0.25) is 4.79 Å². The molecule has 2 atom stereocenters. The minimum absolute atomic E-state index is 0.160. The molecular weight excluding hydrogens is 398 g/mol. The van der Waals surface area contributed by atoms with Crippen molar-refractivity contribution in [1.82, 2.24) is 9.97 Å². The summed E-state index contributed by atoms with van der Waals surface area (Å²) in [6.07, 6.45) is 1.35. The van der Waals surface area contributed by atoms with E-state index in [9.17, 15) is 9.90 Å². The molecule has 0 radical (unpaired) electrons. The third-order valence-electron chi connectivity index (χ3n) is 5.03. The summed E-state index contributed by atoms with van der Waals surface area (Å²) in [5.41, 5.74) is 6.53. The van der Waals surface area contributed by atoms with E-state index in [0.29, 0.717) is 18.9 Å². The first-order chi connectivity index (χ1) is 14.5. The molecule has 0 aliphatic carbocycles. The minimum Gasteiger partial charge on any atom is -0.494 e. The number of nitrogens with one attached hydrogen (secondary N) is 1. The van der Waals surface area contributed by atoms with Gasteiger partial charge in [-0.15, -0.1) is 11.3 Å². The molecule has 2 heterocycles. The first-order valence-corrected chi connectivity index (χ1v) is 10.6. The van der Waals surface area contributed by atoms with Crippen molar-refractivity contribution in [2.24, 2.45) is 5.73 Å². The predicted octanol–water partition coefficient (Wildman–Crippen LogP) is 4.32. The molecule has 0 fully saturated rings. The Bertz CT molecular complexity index is 1130. The molecule has 0 spiro atoms. The first kappa shape index (κ1) is 20.1. The molecule has 6 nitrogen and oxygen atoms in total. The second kappa shape index (κ2) is 8.69. The summed E-state index contributed by atoms with van der Waals surface area (Å²) in [4.78, 5) is 19.6. The second-order valence-electron chi connectivity index (χ2n) is 7.20. The van der Waals surface area contributed by atoms with E-state index in [-0.39, 0.29) is 11.6 Å². The number of nitrogens with two attached hydrogens (primary N) is 1. The second-order valence-corrected chi connectivity index (χ2v) is 8.28. The number of carbonyl (C=O) groups is 1. The number of thiophene rings is 1. The Labute approximate surface area is 178 Å². The predicted molar refractivity (Wildman–Crippen MR) is 119 cm³/mol. The maximum atomic E-state index is 11.3. The number of fused-ring (bicyclic) bond motifs is 1. The number of aliphatic hydroxyl groups excluding tert-OH is 1. The van der Waals surface area contributed by atoms with Crippen LogP contribution in [0.1, 0.15) is 35.6 Å². The maximum absolute atomic E-state index is 11.3. The first-order valence-electron chi connectivity index (χ1n) is 9.76. The molecule has 2 aromatic carbocycles. The van der Waals surface area contributed by atoms with Crippen LogP contribution in [-0.4, -0.2) is 33.7 Å². The van der Waals surface area contributed by atoms with Crippen LogP contribution in [-0.2, 0) is 0 Å². The summed E-state index contributed by atoms with van der Waals surface area (Å²) < 4.78 is 7.22. The number of ether oxygens (including phenoxy) is 1. The average molecular weight is 422 g/mol. The van der Waals surface area contributed by atoms with Crippen LogP contribution in [0.3, 0.4) is 0 Å². The molecular formula is C23H23N3O3S. The van der Waals surface area contributed by atoms with E-state index < -0.39 is 12.0 Å². The van der Waals surface area contributed by atoms with Gasteiger partial charge in [0.25, 0.3) is 5.91 Å². The fourth-order valence-corrected chi connectivity index (χ4v) is 4.49. The molecule has 7 heteroatoms. The van der Waals surface area contributed by atoms with Crippen LogP contribution in [0, 0.1) is 0 Å². The van der Waals surface area contributed by atoms with Crippen molar-refractivity contribution >= 4 is 27.3 Å². The van der Waals surface area contributed by atoms with Gasteiger partial charge in [0.1, 0.15) is 17.3 Å². The highest BCUT2D eigenvalue weighted by Crippen LogP contribution is 2.34. The van der Waals surface area contributed by atoms with Gasteiger partial charge in [0.2, 0.25) is 0 Å². The number of primary amides is 1. The molecule has 4 N–H and O–H groups in total. The quantitative estimate of drug-likeness (QED) is 0.394. The zero-order valence-corrected chi connectivity index (χ0v) is 17.4. The van der Waals surface area contributed by atoms with E-state index >= 15 is 0 Å². The maximum Gasteiger partial charge on any atom is 0.268 e. The van der Waals surface area contributed by atoms with Crippen LogP contribution in [0.2, 0.25) is 0 Å². The van der Waals surface area contributed by atoms with E-state index in [2.05, 4.69) is 34.2 Å². The number of amides is 1. The number of aromatic nitrogens is 2. The molecule has 4 aromatic rings. The lowest BCUT2D eigenvalue weighted by atomic mass is 9.99. The van der Waals surface area contributed by atoms with Gasteiger partial charge < -0.3 is 20.6 Å². The number of aliphatic hydroxyl groups is 1. The van der Waals surface area contributed by atoms with E-state index in [1.165, 1.54) is 21.2 Å². The number of carbonyl (C=O) groups excluding carboxylic acids is 1. The third-order valence-corrected chi connectivity index (χ3v) is 6.19. The van der Waals surface area contributed by atoms with Crippen molar-refractivity contribution in [2.75, 3.05) is 6.61 Å². The van der Waals surface area contributed by atoms with E-state index in [0.717, 1.165) is 11.3 Å². The summed E-state index contributed by atoms with van der Waals surface area (Å²) in [5, 5.41) is 11.4. The van der Waals surface area contributed by atoms with Gasteiger partial charge in [-0.1, -0.05) is 30.3 Å². The van der Waals surface area contributed by atoms with Crippen LogP contribution in [0.4, 0.5) is 0 Å². The number of benzene rings is 2. The average Bonchev–Trinajstić information content (AvgIpc) is 3.38. The molecule has 2 aromatic heterocycles. The van der Waals surface area contributed by atoms with Gasteiger partial charge in [-0.05, 0) is 48.6 Å². The Balaban J connectivity index is 1.44. The molecule has 154 valence electrons. The number of hydrogen-bond acceptors (Lipinski definition) is 5. The Kier molecular flexibility index (Phi) is 5.83. The fourth-order valence-electron chi connectivity index (χ4n) is 3.43. The zero-order valence-electron chi connectivity index (χ0n) is 16.5. The summed E-state index contributed by atoms with van der Waals surface area (Å²) in [6.45, 7) is 2.09. The highest BCUT2D eigenvalue weighted by molar-refractivity contribution is 7.22. The lowest BCUT2D eigenvalue weighted by molar-refractivity contribution is 0.0995. The van der Waals surface area contributed by atoms with Crippen molar-refractivity contribution in [3.05, 3.63) is 72.3 Å². The van der Waals surface area contributed by atoms with Gasteiger partial charge in [0, 0.05) is 21.7 Å². The highest BCUT2D eigenvalue weighted by atomic mass is 32.1. The number of aromatic amines is 1. The highest BCUT2D eigenvalue weighted by Gasteiger charge is 2.22. The molecule has 1 amide bonds. The van der Waals surface area contributed by atoms with Crippen molar-refractivity contribution in [3.8, 4) is 16.2 Å². The van der Waals surface area contributed by atoms with Crippen LogP contribution < -0.4 is 10.5 Å². The largest absolute Gasteiger partial charge is 0.494 e. The van der Waals surface area contributed by atoms with Gasteiger partial charge >= 0.3 is 0 Å². The SMILES string of the molecule is C[C@H](O)[C@H](CCOc1cccc(-c2cc3ccccc3s2)c1)c1nc(C(N)=O)c[nH]1. The lowest BCUT2D eigenvalue weighted by Gasteiger charge is -2.18. The molecule has 4 rings (SSSR count). The van der Waals surface area contributed by atoms with Gasteiger partial charge in [-0.25, -0.2) is 4.98 Å². The van der Waals surface area contributed by atoms with Crippen molar-refractivity contribution < 1.29 is 14.6 Å². The molecule has 0 aliphatic rings. The summed E-state index contributed by atoms with van der Waals surface area (Å²) in [5.74, 6) is 0.410. The number of rotatable bonds is 8. The van der Waals surface area contributed by atoms with Crippen LogP contribution >= 0.6 is 11.3 Å². The standard InChI is InChI=1S/C23H23N3O3S/c1-14(27)18(23-25-13-19(26-23)22(24)28)9-10-29-17-7-4-6-15(11-17)21-12-16-5-2-3-8-20(16)30-21/h2-8,11-14,18,27H,9-10H2,1H3,(H2,24,28)(H,25,26)/t14-,18-/m0/s1. The van der Waals surface area contributed by atoms with Crippen LogP contribution in [0.25, 0.3) is 20.5 Å². The van der Waals surface area contributed by atoms with Gasteiger partial charge in [0.05, 0.1) is 12.7 Å². The van der Waals surface area contributed by atoms with Crippen LogP contribution in [0.15, 0.2) is 60.8 Å². The Morgan fingerprint density at radius 3 is 2.80 bits per heavy atom. The van der Waals surface area contributed by atoms with E-state index in [4.69, 9.17) is 10.5 Å². The molecule has 0 unspecified atom stereocenters. The summed E-state index contributed by atoms with van der Waals surface area (Å²) >= 11 is 1.75. The Morgan fingerprint density at radius 2 is 2.07 bits per heavy atom. The van der Waals surface area contributed by atoms with E-state index in [1.54, 1.807) is 18.3 Å². The number of hydrogen-bond donors (Lipinski definition) is 3. The number of nitrogens with zero attached hydrogens (tertiary/aromatic N) is 1. The minimum atomic E-state index is -0.648. The van der Waals surface area contributed by atoms with E-state index in [1.807, 2.05) is 30.3 Å². The summed E-state index contributed by atoms with van der Waals surface area (Å²) in [7, 11) is 0. The lowest BCUT2D eigenvalue weighted by Crippen LogP contribution is -2.19. The molecule has 0 aliphatic heterocycles. The van der Waals surface area contributed by atoms with Crippen molar-refractivity contribution in [3.63, 3.8) is 0 Å². The smallest absolute Gasteiger partial charge is 0.268 e. The Morgan fingerprint density at radius 1 is 1.23 bits per heavy atom. The summed E-state index contributed by atoms with van der Waals surface area (Å²) in [6, 6.07) is 18.5. The Hall–Kier alpha value is -3.16. The van der Waals surface area contributed by atoms with Crippen molar-refractivity contribution in [2.45, 2.75) is 25.4 Å². The van der Waals surface area contributed by atoms with Gasteiger partial charge in [0.15, 0.2) is 0 Å². The van der Waals surface area contributed by atoms with Gasteiger partial charge in [-0.2, -0.15) is 0 Å². The molecule has 0 saturated carbocycles. The molecule has 30 heavy (non-hydrogen) atoms. The topological polar surface area (TPSA) is 101 Å². The normalized spacial score (nSPS) is 13.3. The van der Waals surface area contributed by atoms with Crippen LogP contribution in [0.5, 0.6) is 5.75 Å². The number of imidazole rings is 1. The zero-order chi connectivity index (χ0) is 21.1. The third kappa shape index (κ3) is 4.37. The molecule has 0 bridgehead atoms.